The van der Waals surface area contributed by atoms with Gasteiger partial charge in [-0.1, -0.05) is 80.7 Å². The van der Waals surface area contributed by atoms with Crippen molar-refractivity contribution < 1.29 is 53.4 Å². The number of carboxylic acid groups (broad SMARTS) is 1. The molecule has 6 aliphatic rings. The number of nitrogens with one attached hydrogen (secondary N) is 1. The van der Waals surface area contributed by atoms with Crippen LogP contribution in [0.15, 0.2) is 12.2 Å². The molecule has 1 amide bonds. The molecule has 4 saturated heterocycles. The largest absolute Gasteiger partial charge is 0.481 e. The van der Waals surface area contributed by atoms with Gasteiger partial charge in [0.1, 0.15) is 11.8 Å². The minimum Gasteiger partial charge on any atom is -0.481 e. The molecule has 12 nitrogen and oxygen atoms in total. The zero-order chi connectivity index (χ0) is 44.7. The summed E-state index contributed by atoms with van der Waals surface area (Å²) in [7, 11) is 0. The van der Waals surface area contributed by atoms with Crippen LogP contribution in [-0.4, -0.2) is 98.4 Å². The Morgan fingerprint density at radius 1 is 0.836 bits per heavy atom. The first-order valence-corrected chi connectivity index (χ1v) is 24.3. The highest BCUT2D eigenvalue weighted by atomic mass is 16.8. The second-order valence-corrected chi connectivity index (χ2v) is 20.8. The van der Waals surface area contributed by atoms with Crippen LogP contribution >= 0.6 is 0 Å². The molecule has 0 aromatic rings. The molecule has 18 atom stereocenters. The van der Waals surface area contributed by atoms with Crippen LogP contribution in [0, 0.1) is 47.3 Å². The third-order valence-corrected chi connectivity index (χ3v) is 16.8. The highest BCUT2D eigenvalue weighted by Gasteiger charge is 2.63. The molecule has 5 aliphatic heterocycles. The minimum atomic E-state index is -1.27. The van der Waals surface area contributed by atoms with E-state index in [4.69, 9.17) is 23.7 Å². The summed E-state index contributed by atoms with van der Waals surface area (Å²) in [4.78, 5) is 40.6. The second-order valence-electron chi connectivity index (χ2n) is 20.8. The number of amides is 1. The molecule has 4 N–H and O–H groups in total. The van der Waals surface area contributed by atoms with Crippen LogP contribution in [-0.2, 0) is 38.1 Å². The number of ketones is 1. The van der Waals surface area contributed by atoms with Gasteiger partial charge >= 0.3 is 5.97 Å². The quantitative estimate of drug-likeness (QED) is 0.125. The summed E-state index contributed by atoms with van der Waals surface area (Å²) < 4.78 is 34.8. The SMILES string of the molecule is CC[C@@H](C(=O)[C@@H](C)[C@@H](O)[C@H](C)[C@@H]1O[C@@H]([C@@H](CC)C(=O)O)CC[C@@H]1C)[C@H]1O[C@]2(C=C[C@@H](NC(=O)C3CCCCC3)[C@]3(CC[C@@](C)([C@H]4CC[C@](O)(CC)[C@H](C)O4)O3)O2)[C@H](C)C[C@@H]1C. The molecular formula is C49H81NO11. The molecule has 5 fully saturated rings. The Balaban J connectivity index is 1.24. The van der Waals surface area contributed by atoms with Crippen molar-refractivity contribution in [2.45, 2.75) is 231 Å². The molecule has 0 unspecified atom stereocenters. The van der Waals surface area contributed by atoms with Gasteiger partial charge in [0.25, 0.3) is 0 Å². The zero-order valence-electron chi connectivity index (χ0n) is 39.0. The molecule has 0 aromatic carbocycles. The molecule has 0 aromatic heterocycles. The van der Waals surface area contributed by atoms with E-state index in [1.165, 1.54) is 0 Å². The van der Waals surface area contributed by atoms with E-state index in [9.17, 15) is 29.7 Å². The van der Waals surface area contributed by atoms with Gasteiger partial charge in [-0.25, -0.2) is 0 Å². The summed E-state index contributed by atoms with van der Waals surface area (Å²) in [5, 5.41) is 36.3. The highest BCUT2D eigenvalue weighted by molar-refractivity contribution is 5.84. The van der Waals surface area contributed by atoms with Crippen LogP contribution in [0.1, 0.15) is 166 Å². The van der Waals surface area contributed by atoms with Crippen molar-refractivity contribution in [3.63, 3.8) is 0 Å². The number of hydrogen-bond acceptors (Lipinski definition) is 10. The van der Waals surface area contributed by atoms with E-state index in [1.807, 2.05) is 46.8 Å². The molecule has 61 heavy (non-hydrogen) atoms. The van der Waals surface area contributed by atoms with E-state index >= 15 is 0 Å². The van der Waals surface area contributed by atoms with Crippen molar-refractivity contribution in [3.8, 4) is 0 Å². The molecule has 6 rings (SSSR count). The normalized spacial score (nSPS) is 43.4. The maximum absolute atomic E-state index is 14.7. The van der Waals surface area contributed by atoms with Crippen molar-refractivity contribution in [2.24, 2.45) is 47.3 Å². The maximum atomic E-state index is 14.7. The van der Waals surface area contributed by atoms with Crippen molar-refractivity contribution >= 4 is 17.7 Å². The average molecular weight is 860 g/mol. The van der Waals surface area contributed by atoms with E-state index in [0.717, 1.165) is 38.5 Å². The number of hydrogen-bond donors (Lipinski definition) is 4. The Morgan fingerprint density at radius 3 is 2.15 bits per heavy atom. The number of carboxylic acids is 1. The van der Waals surface area contributed by atoms with E-state index in [1.54, 1.807) is 6.92 Å². The van der Waals surface area contributed by atoms with Gasteiger partial charge in [-0.2, -0.15) is 0 Å². The molecule has 348 valence electrons. The number of ether oxygens (including phenoxy) is 5. The Morgan fingerprint density at radius 2 is 1.52 bits per heavy atom. The molecule has 0 bridgehead atoms. The van der Waals surface area contributed by atoms with Crippen molar-refractivity contribution in [1.82, 2.24) is 5.32 Å². The van der Waals surface area contributed by atoms with Gasteiger partial charge in [0, 0.05) is 36.0 Å². The first-order chi connectivity index (χ1) is 28.8. The lowest BCUT2D eigenvalue weighted by atomic mass is 9.72. The minimum absolute atomic E-state index is 0.00151. The highest BCUT2D eigenvalue weighted by Crippen LogP contribution is 2.54. The van der Waals surface area contributed by atoms with Crippen LogP contribution in [0.3, 0.4) is 0 Å². The lowest BCUT2D eigenvalue weighted by Crippen LogP contribution is -2.66. The standard InChI is InChI=1S/C49H81NO11/c1-11-35(45(54)55)37-20-19-28(4)42(58-37)32(8)40(51)31(7)41(52)36(12-2)43-29(5)27-30(6)48(59-43)24-21-38(50-44(53)34-17-15-14-16-18-34)49(61-48)26-25-46(10,60-49)39-22-23-47(56,13-3)33(9)57-39/h21,24,28-40,42-43,51,56H,11-20,22-23,25-27H2,1-10H3,(H,50,53)(H,54,55)/t28-,29-,30+,31-,32-,33-,35+,36-,37+,38+,39+,40+,42+,43-,46-,47+,48-,49-/m0/s1. The summed E-state index contributed by atoms with van der Waals surface area (Å²) >= 11 is 0. The summed E-state index contributed by atoms with van der Waals surface area (Å²) in [6, 6.07) is -0.580. The van der Waals surface area contributed by atoms with Gasteiger partial charge < -0.3 is 44.3 Å². The van der Waals surface area contributed by atoms with Crippen molar-refractivity contribution in [3.05, 3.63) is 12.2 Å². The predicted octanol–water partition coefficient (Wildman–Crippen LogP) is 7.89. The summed E-state index contributed by atoms with van der Waals surface area (Å²) in [5.41, 5.74) is -1.65. The van der Waals surface area contributed by atoms with Crippen LogP contribution in [0.25, 0.3) is 0 Å². The van der Waals surface area contributed by atoms with Gasteiger partial charge in [0.15, 0.2) is 11.6 Å². The fraction of sp³-hybridized carbons (Fsp3) is 0.898. The van der Waals surface area contributed by atoms with Gasteiger partial charge in [-0.15, -0.1) is 0 Å². The van der Waals surface area contributed by atoms with Crippen LogP contribution in [0.2, 0.25) is 0 Å². The average Bonchev–Trinajstić information content (AvgIpc) is 3.58. The summed E-state index contributed by atoms with van der Waals surface area (Å²) in [6.45, 7) is 19.8. The zero-order valence-corrected chi connectivity index (χ0v) is 39.0. The Kier molecular flexibility index (Phi) is 15.3. The van der Waals surface area contributed by atoms with E-state index in [-0.39, 0.29) is 53.7 Å². The Labute approximate surface area is 366 Å². The van der Waals surface area contributed by atoms with E-state index in [2.05, 4.69) is 33.0 Å². The lowest BCUT2D eigenvalue weighted by molar-refractivity contribution is -0.398. The summed E-state index contributed by atoms with van der Waals surface area (Å²) in [5.74, 6) is -5.80. The molecule has 1 saturated carbocycles. The molecule has 1 aliphatic carbocycles. The predicted molar refractivity (Wildman–Crippen MR) is 231 cm³/mol. The van der Waals surface area contributed by atoms with E-state index in [0.29, 0.717) is 57.8 Å². The first kappa shape index (κ1) is 48.5. The lowest BCUT2D eigenvalue weighted by Gasteiger charge is -2.55. The number of rotatable bonds is 14. The topological polar surface area (TPSA) is 170 Å². The number of carbonyl (C=O) groups is 3. The smallest absolute Gasteiger partial charge is 0.309 e. The Bertz CT molecular complexity index is 1570. The molecule has 5 heterocycles. The van der Waals surface area contributed by atoms with Crippen LogP contribution in [0.5, 0.6) is 0 Å². The number of carbonyl (C=O) groups excluding carboxylic acids is 2. The monoisotopic (exact) mass is 860 g/mol. The van der Waals surface area contributed by atoms with Crippen molar-refractivity contribution in [1.29, 1.82) is 0 Å². The van der Waals surface area contributed by atoms with Crippen LogP contribution < -0.4 is 5.32 Å². The fourth-order valence-corrected chi connectivity index (χ4v) is 12.3. The van der Waals surface area contributed by atoms with Gasteiger partial charge in [-0.05, 0) is 102 Å². The maximum Gasteiger partial charge on any atom is 0.309 e. The number of aliphatic hydroxyl groups excluding tert-OH is 1. The second kappa shape index (κ2) is 19.3. The third kappa shape index (κ3) is 9.58. The van der Waals surface area contributed by atoms with Crippen molar-refractivity contribution in [2.75, 3.05) is 0 Å². The van der Waals surface area contributed by atoms with E-state index < -0.39 is 76.8 Å². The van der Waals surface area contributed by atoms with Gasteiger partial charge in [0.05, 0.1) is 53.7 Å². The first-order valence-electron chi connectivity index (χ1n) is 24.3. The Hall–Kier alpha value is -1.93. The molecule has 12 heteroatoms. The van der Waals surface area contributed by atoms with Gasteiger partial charge in [-0.3, -0.25) is 14.4 Å². The van der Waals surface area contributed by atoms with Gasteiger partial charge in [0.2, 0.25) is 5.91 Å². The fourth-order valence-electron chi connectivity index (χ4n) is 12.3. The molecule has 0 radical (unpaired) electrons. The number of aliphatic carboxylic acids is 1. The summed E-state index contributed by atoms with van der Waals surface area (Å²) in [6.07, 6.45) is 12.0. The molecule has 2 spiro atoms. The number of Topliss-reactive ketones (excluding diaryl/α,β-unsaturated/α-hetero) is 1. The molecular weight excluding hydrogens is 779 g/mol. The number of aliphatic hydroxyl groups is 2. The van der Waals surface area contributed by atoms with Crippen LogP contribution in [0.4, 0.5) is 0 Å². The third-order valence-electron chi connectivity index (χ3n) is 16.8.